The van der Waals surface area contributed by atoms with Crippen LogP contribution in [0.15, 0.2) is 30.3 Å². The second kappa shape index (κ2) is 7.83. The van der Waals surface area contributed by atoms with Gasteiger partial charge in [0.1, 0.15) is 5.60 Å². The van der Waals surface area contributed by atoms with Gasteiger partial charge < -0.3 is 14.4 Å². The smallest absolute Gasteiger partial charge is 0.410 e. The third kappa shape index (κ3) is 5.64. The van der Waals surface area contributed by atoms with E-state index in [1.54, 1.807) is 4.90 Å². The van der Waals surface area contributed by atoms with Crippen molar-refractivity contribution in [2.45, 2.75) is 51.4 Å². The molecule has 1 aromatic carbocycles. The van der Waals surface area contributed by atoms with Crippen LogP contribution < -0.4 is 0 Å². The molecule has 0 aliphatic carbocycles. The van der Waals surface area contributed by atoms with Crippen molar-refractivity contribution in [2.75, 3.05) is 17.5 Å². The number of piperidine rings is 1. The van der Waals surface area contributed by atoms with Crippen LogP contribution in [0, 0.1) is 0 Å². The number of amides is 1. The van der Waals surface area contributed by atoms with Gasteiger partial charge in [-0.25, -0.2) is 4.79 Å². The fourth-order valence-corrected chi connectivity index (χ4v) is 3.53. The third-order valence-corrected chi connectivity index (χ3v) is 5.35. The molecular formula is C18H26INO3. The molecule has 1 aromatic rings. The van der Waals surface area contributed by atoms with Crippen LogP contribution in [-0.4, -0.2) is 39.7 Å². The predicted molar refractivity (Wildman–Crippen MR) is 99.9 cm³/mol. The summed E-state index contributed by atoms with van der Waals surface area (Å²) in [5.74, 6) is 0. The molecule has 0 saturated carbocycles. The molecule has 1 saturated heterocycles. The molecule has 4 nitrogen and oxygen atoms in total. The quantitative estimate of drug-likeness (QED) is 0.524. The zero-order chi connectivity index (χ0) is 16.9. The average molecular weight is 431 g/mol. The summed E-state index contributed by atoms with van der Waals surface area (Å²) in [7, 11) is 0. The number of ether oxygens (including phenoxy) is 2. The largest absolute Gasteiger partial charge is 0.444 e. The number of hydrogen-bond donors (Lipinski definition) is 0. The molecule has 5 heteroatoms. The van der Waals surface area contributed by atoms with Crippen LogP contribution in [-0.2, 0) is 16.1 Å². The van der Waals surface area contributed by atoms with Gasteiger partial charge in [0.05, 0.1) is 12.2 Å². The Kier molecular flexibility index (Phi) is 6.31. The number of carbonyl (C=O) groups is 1. The molecule has 23 heavy (non-hydrogen) atoms. The summed E-state index contributed by atoms with van der Waals surface area (Å²) < 4.78 is 12.6. The lowest BCUT2D eigenvalue weighted by Gasteiger charge is -2.41. The molecule has 1 heterocycles. The van der Waals surface area contributed by atoms with Crippen molar-refractivity contribution in [1.29, 1.82) is 0 Å². The van der Waals surface area contributed by atoms with E-state index in [1.807, 2.05) is 39.0 Å². The Hall–Kier alpha value is -0.820. The molecule has 1 aliphatic rings. The Morgan fingerprint density at radius 3 is 2.35 bits per heavy atom. The number of rotatable bonds is 4. The van der Waals surface area contributed by atoms with E-state index in [4.69, 9.17) is 9.47 Å². The van der Waals surface area contributed by atoms with E-state index < -0.39 is 5.60 Å². The van der Waals surface area contributed by atoms with Gasteiger partial charge in [0.2, 0.25) is 0 Å². The lowest BCUT2D eigenvalue weighted by Crippen LogP contribution is -2.50. The number of hydrogen-bond acceptors (Lipinski definition) is 3. The minimum atomic E-state index is -0.446. The first-order chi connectivity index (χ1) is 10.8. The first-order valence-corrected chi connectivity index (χ1v) is 9.58. The van der Waals surface area contributed by atoms with E-state index in [2.05, 4.69) is 34.7 Å². The van der Waals surface area contributed by atoms with Gasteiger partial charge in [0.15, 0.2) is 0 Å². The Labute approximate surface area is 152 Å². The molecule has 0 bridgehead atoms. The molecule has 0 aromatic heterocycles. The van der Waals surface area contributed by atoms with Gasteiger partial charge in [-0.3, -0.25) is 0 Å². The maximum atomic E-state index is 12.2. The van der Waals surface area contributed by atoms with Crippen molar-refractivity contribution in [2.24, 2.45) is 0 Å². The Morgan fingerprint density at radius 2 is 1.83 bits per heavy atom. The lowest BCUT2D eigenvalue weighted by molar-refractivity contribution is -0.0761. The van der Waals surface area contributed by atoms with Gasteiger partial charge in [0.25, 0.3) is 0 Å². The first-order valence-electron chi connectivity index (χ1n) is 8.05. The molecular weight excluding hydrogens is 405 g/mol. The number of nitrogens with zero attached hydrogens (tertiary/aromatic N) is 1. The van der Waals surface area contributed by atoms with Crippen molar-refractivity contribution >= 4 is 28.7 Å². The van der Waals surface area contributed by atoms with Gasteiger partial charge >= 0.3 is 6.09 Å². The van der Waals surface area contributed by atoms with Crippen molar-refractivity contribution in [1.82, 2.24) is 4.90 Å². The molecule has 0 radical (unpaired) electrons. The molecule has 1 aliphatic heterocycles. The summed E-state index contributed by atoms with van der Waals surface area (Å²) >= 11 is 2.39. The minimum Gasteiger partial charge on any atom is -0.444 e. The van der Waals surface area contributed by atoms with E-state index >= 15 is 0 Å². The molecule has 1 amide bonds. The second-order valence-corrected chi connectivity index (χ2v) is 7.82. The molecule has 2 rings (SSSR count). The Balaban J connectivity index is 1.88. The van der Waals surface area contributed by atoms with E-state index in [1.165, 1.54) is 5.56 Å². The molecule has 0 atom stereocenters. The third-order valence-electron chi connectivity index (χ3n) is 3.96. The lowest BCUT2D eigenvalue weighted by atomic mass is 9.93. The van der Waals surface area contributed by atoms with Gasteiger partial charge in [-0.1, -0.05) is 52.9 Å². The van der Waals surface area contributed by atoms with Gasteiger partial charge in [-0.15, -0.1) is 0 Å². The topological polar surface area (TPSA) is 38.8 Å². The van der Waals surface area contributed by atoms with Crippen molar-refractivity contribution in [3.05, 3.63) is 35.9 Å². The number of halogens is 1. The zero-order valence-electron chi connectivity index (χ0n) is 14.2. The molecule has 0 unspecified atom stereocenters. The van der Waals surface area contributed by atoms with Crippen LogP contribution in [0.1, 0.15) is 39.2 Å². The fraction of sp³-hybridized carbons (Fsp3) is 0.611. The van der Waals surface area contributed by atoms with Crippen LogP contribution in [0.25, 0.3) is 0 Å². The highest BCUT2D eigenvalue weighted by Crippen LogP contribution is 2.30. The van der Waals surface area contributed by atoms with Gasteiger partial charge in [-0.2, -0.15) is 0 Å². The fourth-order valence-electron chi connectivity index (χ4n) is 2.55. The number of alkyl halides is 1. The van der Waals surface area contributed by atoms with Crippen LogP contribution in [0.2, 0.25) is 0 Å². The summed E-state index contributed by atoms with van der Waals surface area (Å²) in [5.41, 5.74) is 0.597. The van der Waals surface area contributed by atoms with Crippen LogP contribution in [0.4, 0.5) is 4.79 Å². The maximum absolute atomic E-state index is 12.2. The zero-order valence-corrected chi connectivity index (χ0v) is 16.3. The van der Waals surface area contributed by atoms with Crippen LogP contribution in [0.3, 0.4) is 0 Å². The predicted octanol–water partition coefficient (Wildman–Crippen LogP) is 4.41. The van der Waals surface area contributed by atoms with E-state index in [-0.39, 0.29) is 11.7 Å². The molecule has 1 fully saturated rings. The first kappa shape index (κ1) is 18.5. The van der Waals surface area contributed by atoms with E-state index in [0.29, 0.717) is 19.7 Å². The van der Waals surface area contributed by atoms with Crippen LogP contribution in [0.5, 0.6) is 0 Å². The SMILES string of the molecule is CC(C)(C)OC(=O)N1CCC(CI)(OCc2ccccc2)CC1. The summed E-state index contributed by atoms with van der Waals surface area (Å²) in [6.45, 7) is 7.68. The molecule has 0 N–H and O–H groups in total. The molecule has 128 valence electrons. The number of likely N-dealkylation sites (tertiary alicyclic amines) is 1. The van der Waals surface area contributed by atoms with Crippen LogP contribution >= 0.6 is 22.6 Å². The highest BCUT2D eigenvalue weighted by Gasteiger charge is 2.37. The highest BCUT2D eigenvalue weighted by molar-refractivity contribution is 14.1. The van der Waals surface area contributed by atoms with E-state index in [9.17, 15) is 4.79 Å². The summed E-state index contributed by atoms with van der Waals surface area (Å²) in [5, 5.41) is 0. The highest BCUT2D eigenvalue weighted by atomic mass is 127. The Bertz CT molecular complexity index is 505. The summed E-state index contributed by atoms with van der Waals surface area (Å²) in [4.78, 5) is 13.9. The Morgan fingerprint density at radius 1 is 1.22 bits per heavy atom. The summed E-state index contributed by atoms with van der Waals surface area (Å²) in [6.07, 6.45) is 1.48. The second-order valence-electron chi connectivity index (χ2n) is 7.06. The number of carbonyl (C=O) groups excluding carboxylic acids is 1. The van der Waals surface area contributed by atoms with E-state index in [0.717, 1.165) is 17.3 Å². The standard InChI is InChI=1S/C18H26INO3/c1-17(2,3)23-16(21)20-11-9-18(14-19,10-12-20)22-13-15-7-5-4-6-8-15/h4-8H,9-14H2,1-3H3. The van der Waals surface area contributed by atoms with Crippen molar-refractivity contribution in [3.8, 4) is 0 Å². The van der Waals surface area contributed by atoms with Crippen molar-refractivity contribution in [3.63, 3.8) is 0 Å². The van der Waals surface area contributed by atoms with Crippen molar-refractivity contribution < 1.29 is 14.3 Å². The van der Waals surface area contributed by atoms with Gasteiger partial charge in [0, 0.05) is 17.5 Å². The normalized spacial score (nSPS) is 17.8. The monoisotopic (exact) mass is 431 g/mol. The van der Waals surface area contributed by atoms with Gasteiger partial charge in [-0.05, 0) is 39.2 Å². The molecule has 0 spiro atoms. The summed E-state index contributed by atoms with van der Waals surface area (Å²) in [6, 6.07) is 10.2. The average Bonchev–Trinajstić information content (AvgIpc) is 2.53. The number of benzene rings is 1. The maximum Gasteiger partial charge on any atom is 0.410 e. The minimum absolute atomic E-state index is 0.144.